The van der Waals surface area contributed by atoms with Crippen LogP contribution in [0.25, 0.3) is 22.1 Å². The number of hydrogen-bond acceptors (Lipinski definition) is 8. The number of carbonyl (C=O) groups excluding carboxylic acids is 1. The number of ether oxygens (including phenoxy) is 1. The minimum atomic E-state index is -1.40. The first-order valence-electron chi connectivity index (χ1n) is 10.5. The Hall–Kier alpha value is -2.46. The summed E-state index contributed by atoms with van der Waals surface area (Å²) >= 11 is 6.25. The molecule has 0 spiro atoms. The number of hydrogen-bond donors (Lipinski definition) is 0. The molecular weight excluding hydrogens is 454 g/mol. The fraction of sp³-hybridized carbons (Fsp3) is 0.524. The average Bonchev–Trinajstić information content (AvgIpc) is 3.21. The van der Waals surface area contributed by atoms with Gasteiger partial charge in [-0.2, -0.15) is 4.98 Å². The van der Waals surface area contributed by atoms with Crippen molar-refractivity contribution in [1.82, 2.24) is 19.9 Å². The van der Waals surface area contributed by atoms with Crippen LogP contribution in [0.5, 0.6) is 0 Å². The number of furan rings is 1. The van der Waals surface area contributed by atoms with E-state index in [-0.39, 0.29) is 28.5 Å². The van der Waals surface area contributed by atoms with E-state index in [2.05, 4.69) is 19.9 Å². The Morgan fingerprint density at radius 3 is 2.56 bits per heavy atom. The van der Waals surface area contributed by atoms with E-state index in [1.165, 1.54) is 6.26 Å². The van der Waals surface area contributed by atoms with Crippen LogP contribution in [-0.2, 0) is 15.5 Å². The number of fused-ring (bicyclic) bond motifs is 5. The van der Waals surface area contributed by atoms with Crippen LogP contribution in [0.1, 0.15) is 33.6 Å². The van der Waals surface area contributed by atoms with Gasteiger partial charge in [-0.05, 0) is 39.7 Å². The zero-order valence-corrected chi connectivity index (χ0v) is 19.9. The number of piperazine rings is 1. The lowest BCUT2D eigenvalue weighted by Gasteiger charge is -2.41. The molecule has 5 heterocycles. The van der Waals surface area contributed by atoms with Crippen molar-refractivity contribution in [1.29, 1.82) is 0 Å². The molecule has 9 nitrogen and oxygen atoms in total. The molecule has 0 aromatic carbocycles. The maximum Gasteiger partial charge on any atom is 0.410 e. The Morgan fingerprint density at radius 2 is 1.94 bits per heavy atom. The van der Waals surface area contributed by atoms with Crippen LogP contribution >= 0.6 is 11.6 Å². The summed E-state index contributed by atoms with van der Waals surface area (Å²) in [7, 11) is -1.40. The lowest BCUT2D eigenvalue weighted by atomic mass is 10.1. The minimum absolute atomic E-state index is 0.00705. The third-order valence-electron chi connectivity index (χ3n) is 5.81. The molecule has 32 heavy (non-hydrogen) atoms. The van der Waals surface area contributed by atoms with Crippen molar-refractivity contribution in [3.8, 4) is 0 Å². The second-order valence-electron chi connectivity index (χ2n) is 9.22. The number of halogens is 1. The van der Waals surface area contributed by atoms with E-state index >= 15 is 0 Å². The molecule has 11 heteroatoms. The fourth-order valence-electron chi connectivity index (χ4n) is 4.58. The van der Waals surface area contributed by atoms with E-state index in [0.717, 1.165) is 18.2 Å². The van der Waals surface area contributed by atoms with Crippen molar-refractivity contribution in [2.45, 2.75) is 56.5 Å². The van der Waals surface area contributed by atoms with Crippen LogP contribution < -0.4 is 4.90 Å². The van der Waals surface area contributed by atoms with Gasteiger partial charge >= 0.3 is 6.09 Å². The zero-order valence-electron chi connectivity index (χ0n) is 18.3. The Balaban J connectivity index is 1.57. The Kier molecular flexibility index (Phi) is 5.05. The molecule has 2 bridgehead atoms. The maximum atomic E-state index is 12.8. The number of amides is 1. The van der Waals surface area contributed by atoms with Crippen molar-refractivity contribution in [2.24, 2.45) is 0 Å². The van der Waals surface area contributed by atoms with Gasteiger partial charge in [0.25, 0.3) is 0 Å². The van der Waals surface area contributed by atoms with Crippen LogP contribution in [0.2, 0.25) is 5.15 Å². The van der Waals surface area contributed by atoms with Gasteiger partial charge in [0, 0.05) is 30.9 Å². The molecule has 1 unspecified atom stereocenters. The molecule has 0 aliphatic carbocycles. The van der Waals surface area contributed by atoms with Gasteiger partial charge in [0.1, 0.15) is 11.4 Å². The largest absolute Gasteiger partial charge is 0.444 e. The minimum Gasteiger partial charge on any atom is -0.444 e. The topological polar surface area (TPSA) is 102 Å². The lowest BCUT2D eigenvalue weighted by molar-refractivity contribution is 0.0123. The summed E-state index contributed by atoms with van der Waals surface area (Å²) in [6, 6.07) is 1.83. The van der Waals surface area contributed by atoms with Gasteiger partial charge in [-0.15, -0.1) is 0 Å². The van der Waals surface area contributed by atoms with Gasteiger partial charge in [-0.1, -0.05) is 11.6 Å². The number of rotatable bonds is 2. The van der Waals surface area contributed by atoms with E-state index in [9.17, 15) is 9.00 Å². The Morgan fingerprint density at radius 1 is 1.25 bits per heavy atom. The number of carbonyl (C=O) groups is 1. The van der Waals surface area contributed by atoms with Crippen LogP contribution in [0.3, 0.4) is 0 Å². The SMILES string of the molecule is CS(=O)c1nc(N2C[C@H]3CC[C@@H](C2)N3C(=O)OC(C)(C)C)c2c(n1)oc1c(Cl)nccc12. The van der Waals surface area contributed by atoms with Gasteiger partial charge in [0.05, 0.1) is 28.3 Å². The second-order valence-corrected chi connectivity index (χ2v) is 10.9. The zero-order chi connectivity index (χ0) is 22.8. The molecule has 3 aromatic rings. The van der Waals surface area contributed by atoms with E-state index < -0.39 is 16.4 Å². The monoisotopic (exact) mass is 477 g/mol. The molecular formula is C21H24ClN5O4S. The van der Waals surface area contributed by atoms with Crippen LogP contribution in [0.15, 0.2) is 21.8 Å². The summed E-state index contributed by atoms with van der Waals surface area (Å²) in [5.41, 5.74) is 0.205. The Labute approximate surface area is 192 Å². The van der Waals surface area contributed by atoms with E-state index in [1.807, 2.05) is 31.7 Å². The van der Waals surface area contributed by atoms with E-state index in [1.54, 1.807) is 6.20 Å². The van der Waals surface area contributed by atoms with Gasteiger partial charge < -0.3 is 14.1 Å². The smallest absolute Gasteiger partial charge is 0.410 e. The number of pyridine rings is 1. The fourth-order valence-corrected chi connectivity index (χ4v) is 5.20. The summed E-state index contributed by atoms with van der Waals surface area (Å²) in [5, 5.41) is 1.90. The highest BCUT2D eigenvalue weighted by molar-refractivity contribution is 7.84. The average molecular weight is 478 g/mol. The van der Waals surface area contributed by atoms with Gasteiger partial charge in [-0.25, -0.2) is 14.8 Å². The summed E-state index contributed by atoms with van der Waals surface area (Å²) in [6.45, 7) is 6.79. The maximum absolute atomic E-state index is 12.8. The first-order chi connectivity index (χ1) is 15.1. The van der Waals surface area contributed by atoms with E-state index in [0.29, 0.717) is 35.6 Å². The molecule has 2 fully saturated rings. The highest BCUT2D eigenvalue weighted by atomic mass is 35.5. The van der Waals surface area contributed by atoms with Crippen molar-refractivity contribution < 1.29 is 18.2 Å². The molecule has 2 aliphatic rings. The first-order valence-corrected chi connectivity index (χ1v) is 12.4. The number of nitrogens with zero attached hydrogens (tertiary/aromatic N) is 5. The van der Waals surface area contributed by atoms with Crippen LogP contribution in [0.4, 0.5) is 10.6 Å². The molecule has 3 atom stereocenters. The summed E-state index contributed by atoms with van der Waals surface area (Å²) in [5.74, 6) is 0.641. The highest BCUT2D eigenvalue weighted by Crippen LogP contribution is 2.40. The molecule has 0 radical (unpaired) electrons. The third-order valence-corrected chi connectivity index (χ3v) is 6.77. The van der Waals surface area contributed by atoms with Crippen molar-refractivity contribution in [3.63, 3.8) is 0 Å². The molecule has 2 saturated heterocycles. The predicted octanol–water partition coefficient (Wildman–Crippen LogP) is 3.75. The second kappa shape index (κ2) is 7.55. The molecule has 170 valence electrons. The number of anilines is 1. The lowest BCUT2D eigenvalue weighted by Crippen LogP contribution is -2.57. The molecule has 0 N–H and O–H groups in total. The third kappa shape index (κ3) is 3.59. The highest BCUT2D eigenvalue weighted by Gasteiger charge is 2.45. The Bertz CT molecular complexity index is 1240. The molecule has 2 aliphatic heterocycles. The van der Waals surface area contributed by atoms with E-state index in [4.69, 9.17) is 20.8 Å². The summed E-state index contributed by atoms with van der Waals surface area (Å²) in [4.78, 5) is 29.9. The summed E-state index contributed by atoms with van der Waals surface area (Å²) in [6.07, 6.45) is 4.65. The number of aromatic nitrogens is 3. The van der Waals surface area contributed by atoms with Gasteiger partial charge in [0.2, 0.25) is 10.9 Å². The first kappa shape index (κ1) is 21.4. The molecule has 1 amide bonds. The molecule has 3 aromatic heterocycles. The van der Waals surface area contributed by atoms with Crippen molar-refractivity contribution in [3.05, 3.63) is 17.4 Å². The quantitative estimate of drug-likeness (QED) is 0.406. The standard InChI is InChI=1S/C21H24ClN5O4S/c1-21(2,3)31-20(28)27-11-5-6-12(27)10-26(9-11)17-14-13-7-8-23-16(22)15(13)30-18(14)25-19(24-17)32(4)29/h7-8,11-12H,5-6,9-10H2,1-4H3/t11-,12+,32?. The normalized spacial score (nSPS) is 22.0. The molecule has 0 saturated carbocycles. The van der Waals surface area contributed by atoms with Crippen LogP contribution in [-0.4, -0.2) is 67.2 Å². The predicted molar refractivity (Wildman–Crippen MR) is 122 cm³/mol. The molecule has 5 rings (SSSR count). The van der Waals surface area contributed by atoms with Gasteiger partial charge in [0.15, 0.2) is 10.7 Å². The van der Waals surface area contributed by atoms with Crippen molar-refractivity contribution >= 4 is 56.4 Å². The van der Waals surface area contributed by atoms with Crippen LogP contribution in [0, 0.1) is 0 Å². The van der Waals surface area contributed by atoms with Gasteiger partial charge in [-0.3, -0.25) is 9.11 Å². The van der Waals surface area contributed by atoms with Crippen molar-refractivity contribution in [2.75, 3.05) is 24.2 Å². The summed E-state index contributed by atoms with van der Waals surface area (Å²) < 4.78 is 23.8.